The van der Waals surface area contributed by atoms with Gasteiger partial charge in [0, 0.05) is 32.4 Å². The lowest BCUT2D eigenvalue weighted by Crippen LogP contribution is -2.41. The third-order valence-electron chi connectivity index (χ3n) is 4.78. The van der Waals surface area contributed by atoms with Crippen LogP contribution in [0.4, 0.5) is 10.2 Å². The second-order valence-electron chi connectivity index (χ2n) is 7.12. The van der Waals surface area contributed by atoms with Gasteiger partial charge in [-0.2, -0.15) is 0 Å². The molecule has 29 heavy (non-hydrogen) atoms. The van der Waals surface area contributed by atoms with Crippen molar-refractivity contribution in [2.24, 2.45) is 4.99 Å². The Balaban J connectivity index is 1.53. The van der Waals surface area contributed by atoms with E-state index in [-0.39, 0.29) is 11.9 Å². The number of aliphatic imine (C=N–C) groups is 1. The third kappa shape index (κ3) is 6.42. The molecule has 0 aliphatic carbocycles. The number of pyridine rings is 1. The summed E-state index contributed by atoms with van der Waals surface area (Å²) in [5, 5.41) is 6.49. The molecule has 1 aliphatic rings. The van der Waals surface area contributed by atoms with Crippen LogP contribution in [0.25, 0.3) is 0 Å². The summed E-state index contributed by atoms with van der Waals surface area (Å²) in [6, 6.07) is 11.0. The van der Waals surface area contributed by atoms with Crippen molar-refractivity contribution in [2.75, 3.05) is 37.7 Å². The number of morpholine rings is 1. The Bertz CT molecular complexity index is 796. The van der Waals surface area contributed by atoms with Gasteiger partial charge in [0.15, 0.2) is 5.96 Å². The van der Waals surface area contributed by atoms with Gasteiger partial charge in [-0.25, -0.2) is 14.4 Å². The van der Waals surface area contributed by atoms with Crippen LogP contribution in [0.2, 0.25) is 0 Å². The standard InChI is InChI=1S/C22H30FN5O/c1-3-24-22(25-11-10-19-6-4-5-7-20(19)23)27-15-18-8-9-21(26-14-18)28-12-13-29-17(2)16-28/h4-9,14,17H,3,10-13,15-16H2,1-2H3,(H2,24,25,27). The third-order valence-corrected chi connectivity index (χ3v) is 4.78. The number of rotatable bonds is 7. The molecule has 1 fully saturated rings. The summed E-state index contributed by atoms with van der Waals surface area (Å²) in [6.07, 6.45) is 2.71. The van der Waals surface area contributed by atoms with Gasteiger partial charge in [-0.1, -0.05) is 24.3 Å². The predicted molar refractivity (Wildman–Crippen MR) is 115 cm³/mol. The van der Waals surface area contributed by atoms with Crippen molar-refractivity contribution in [1.29, 1.82) is 0 Å². The van der Waals surface area contributed by atoms with E-state index in [1.807, 2.05) is 31.3 Å². The smallest absolute Gasteiger partial charge is 0.191 e. The molecular weight excluding hydrogens is 369 g/mol. The van der Waals surface area contributed by atoms with E-state index < -0.39 is 0 Å². The Morgan fingerprint density at radius 1 is 1.28 bits per heavy atom. The molecule has 1 aromatic carbocycles. The number of aromatic nitrogens is 1. The number of anilines is 1. The van der Waals surface area contributed by atoms with Crippen LogP contribution in [-0.2, 0) is 17.7 Å². The Labute approximate surface area is 172 Å². The van der Waals surface area contributed by atoms with Crippen molar-refractivity contribution in [3.05, 3.63) is 59.5 Å². The van der Waals surface area contributed by atoms with Crippen molar-refractivity contribution < 1.29 is 9.13 Å². The molecule has 2 N–H and O–H groups in total. The number of hydrogen-bond donors (Lipinski definition) is 2. The number of nitrogens with zero attached hydrogens (tertiary/aromatic N) is 3. The lowest BCUT2D eigenvalue weighted by Gasteiger charge is -2.32. The first-order valence-electron chi connectivity index (χ1n) is 10.2. The molecule has 6 nitrogen and oxygen atoms in total. The van der Waals surface area contributed by atoms with Crippen LogP contribution in [0.3, 0.4) is 0 Å². The second-order valence-corrected chi connectivity index (χ2v) is 7.12. The van der Waals surface area contributed by atoms with Gasteiger partial charge in [0.1, 0.15) is 11.6 Å². The molecule has 1 atom stereocenters. The molecule has 0 amide bonds. The van der Waals surface area contributed by atoms with E-state index in [1.165, 1.54) is 6.07 Å². The van der Waals surface area contributed by atoms with E-state index in [2.05, 4.69) is 38.5 Å². The highest BCUT2D eigenvalue weighted by atomic mass is 19.1. The summed E-state index contributed by atoms with van der Waals surface area (Å²) in [6.45, 7) is 8.47. The number of hydrogen-bond acceptors (Lipinski definition) is 4. The molecule has 0 spiro atoms. The fourth-order valence-corrected chi connectivity index (χ4v) is 3.25. The van der Waals surface area contributed by atoms with Gasteiger partial charge in [0.25, 0.3) is 0 Å². The van der Waals surface area contributed by atoms with Crippen LogP contribution in [0.5, 0.6) is 0 Å². The van der Waals surface area contributed by atoms with E-state index in [9.17, 15) is 4.39 Å². The highest BCUT2D eigenvalue weighted by Gasteiger charge is 2.17. The first kappa shape index (κ1) is 21.0. The zero-order chi connectivity index (χ0) is 20.5. The number of benzene rings is 1. The largest absolute Gasteiger partial charge is 0.375 e. The number of halogens is 1. The highest BCUT2D eigenvalue weighted by molar-refractivity contribution is 5.79. The fourth-order valence-electron chi connectivity index (χ4n) is 3.25. The van der Waals surface area contributed by atoms with Gasteiger partial charge >= 0.3 is 0 Å². The molecule has 0 saturated carbocycles. The maximum Gasteiger partial charge on any atom is 0.191 e. The average Bonchev–Trinajstić information content (AvgIpc) is 2.74. The molecule has 2 heterocycles. The first-order valence-corrected chi connectivity index (χ1v) is 10.2. The van der Waals surface area contributed by atoms with Crippen LogP contribution in [0.15, 0.2) is 47.6 Å². The Hall–Kier alpha value is -2.67. The Morgan fingerprint density at radius 2 is 2.14 bits per heavy atom. The molecule has 0 bridgehead atoms. The van der Waals surface area contributed by atoms with Crippen LogP contribution >= 0.6 is 0 Å². The summed E-state index contributed by atoms with van der Waals surface area (Å²) >= 11 is 0. The van der Waals surface area contributed by atoms with Gasteiger partial charge in [-0.3, -0.25) is 0 Å². The average molecular weight is 400 g/mol. The Morgan fingerprint density at radius 3 is 2.86 bits per heavy atom. The maximum absolute atomic E-state index is 13.7. The van der Waals surface area contributed by atoms with Gasteiger partial charge in [-0.05, 0) is 43.5 Å². The van der Waals surface area contributed by atoms with E-state index in [0.717, 1.165) is 43.6 Å². The van der Waals surface area contributed by atoms with Crippen LogP contribution in [-0.4, -0.2) is 49.8 Å². The van der Waals surface area contributed by atoms with Crippen molar-refractivity contribution in [2.45, 2.75) is 32.9 Å². The summed E-state index contributed by atoms with van der Waals surface area (Å²) in [7, 11) is 0. The topological polar surface area (TPSA) is 61.8 Å². The summed E-state index contributed by atoms with van der Waals surface area (Å²) < 4.78 is 19.3. The van der Waals surface area contributed by atoms with Crippen LogP contribution < -0.4 is 15.5 Å². The predicted octanol–water partition coefficient (Wildman–Crippen LogP) is 2.74. The van der Waals surface area contributed by atoms with Crippen LogP contribution in [0, 0.1) is 5.82 Å². The monoisotopic (exact) mass is 399 g/mol. The highest BCUT2D eigenvalue weighted by Crippen LogP contribution is 2.15. The molecule has 3 rings (SSSR count). The lowest BCUT2D eigenvalue weighted by molar-refractivity contribution is 0.0529. The van der Waals surface area contributed by atoms with E-state index in [4.69, 9.17) is 4.74 Å². The maximum atomic E-state index is 13.7. The fraction of sp³-hybridized carbons (Fsp3) is 0.455. The van der Waals surface area contributed by atoms with Gasteiger partial charge < -0.3 is 20.3 Å². The number of guanidine groups is 1. The summed E-state index contributed by atoms with van der Waals surface area (Å²) in [5.41, 5.74) is 1.74. The van der Waals surface area contributed by atoms with Gasteiger partial charge in [-0.15, -0.1) is 0 Å². The van der Waals surface area contributed by atoms with E-state index in [1.54, 1.807) is 6.07 Å². The normalized spacial score (nSPS) is 17.3. The van der Waals surface area contributed by atoms with Gasteiger partial charge in [0.2, 0.25) is 0 Å². The second kappa shape index (κ2) is 10.8. The van der Waals surface area contributed by atoms with Gasteiger partial charge in [0.05, 0.1) is 19.3 Å². The SMILES string of the molecule is CCNC(=NCc1ccc(N2CCOC(C)C2)nc1)NCCc1ccccc1F. The number of nitrogens with one attached hydrogen (secondary N) is 2. The minimum atomic E-state index is -0.169. The van der Waals surface area contributed by atoms with Crippen molar-refractivity contribution >= 4 is 11.8 Å². The van der Waals surface area contributed by atoms with Crippen LogP contribution in [0.1, 0.15) is 25.0 Å². The Kier molecular flexibility index (Phi) is 7.81. The van der Waals surface area contributed by atoms with E-state index >= 15 is 0 Å². The molecule has 156 valence electrons. The number of ether oxygens (including phenoxy) is 1. The molecule has 1 unspecified atom stereocenters. The molecular formula is C22H30FN5O. The molecule has 1 aromatic heterocycles. The minimum Gasteiger partial charge on any atom is -0.375 e. The zero-order valence-corrected chi connectivity index (χ0v) is 17.2. The molecule has 1 aliphatic heterocycles. The molecule has 7 heteroatoms. The summed E-state index contributed by atoms with van der Waals surface area (Å²) in [5.74, 6) is 1.52. The minimum absolute atomic E-state index is 0.169. The molecule has 1 saturated heterocycles. The summed E-state index contributed by atoms with van der Waals surface area (Å²) in [4.78, 5) is 11.5. The first-order chi connectivity index (χ1) is 14.2. The quantitative estimate of drug-likeness (QED) is 0.554. The van der Waals surface area contributed by atoms with Crippen molar-refractivity contribution in [1.82, 2.24) is 15.6 Å². The van der Waals surface area contributed by atoms with E-state index in [0.29, 0.717) is 25.1 Å². The zero-order valence-electron chi connectivity index (χ0n) is 17.2. The lowest BCUT2D eigenvalue weighted by atomic mass is 10.1. The van der Waals surface area contributed by atoms with Crippen molar-refractivity contribution in [3.63, 3.8) is 0 Å². The molecule has 0 radical (unpaired) electrons. The van der Waals surface area contributed by atoms with Crippen molar-refractivity contribution in [3.8, 4) is 0 Å². The molecule has 2 aromatic rings.